The van der Waals surface area contributed by atoms with E-state index in [9.17, 15) is 27.7 Å². The number of pyridine rings is 1. The van der Waals surface area contributed by atoms with E-state index in [1.54, 1.807) is 64.6 Å². The van der Waals surface area contributed by atoms with Gasteiger partial charge in [-0.15, -0.1) is 0 Å². The number of carbonyl (C=O) groups excluding carboxylic acids is 2. The first-order valence-electron chi connectivity index (χ1n) is 16.9. The number of rotatable bonds is 8. The van der Waals surface area contributed by atoms with Gasteiger partial charge in [0.1, 0.15) is 40.7 Å². The number of hydrogen-bond acceptors (Lipinski definition) is 12. The van der Waals surface area contributed by atoms with Crippen LogP contribution in [0.4, 0.5) is 24.2 Å². The van der Waals surface area contributed by atoms with E-state index >= 15 is 4.39 Å². The van der Waals surface area contributed by atoms with Crippen molar-refractivity contribution in [3.63, 3.8) is 0 Å². The molecular formula is C36H40ClF2N7O7S. The Morgan fingerprint density at radius 2 is 1.76 bits per heavy atom. The number of ether oxygens (including phenoxy) is 3. The van der Waals surface area contributed by atoms with Crippen molar-refractivity contribution in [2.75, 3.05) is 43.9 Å². The van der Waals surface area contributed by atoms with Crippen LogP contribution in [-0.4, -0.2) is 101 Å². The van der Waals surface area contributed by atoms with Gasteiger partial charge < -0.3 is 24.0 Å². The molecule has 14 nitrogen and oxygen atoms in total. The number of aromatic nitrogens is 3. The van der Waals surface area contributed by atoms with Gasteiger partial charge in [0.15, 0.2) is 5.82 Å². The maximum Gasteiger partial charge on any atom is 0.424 e. The molecule has 18 heteroatoms. The van der Waals surface area contributed by atoms with E-state index in [1.165, 1.54) is 23.2 Å². The van der Waals surface area contributed by atoms with Crippen LogP contribution in [0.1, 0.15) is 48.0 Å². The fraction of sp³-hybridized carbons (Fsp3) is 0.444. The zero-order chi connectivity index (χ0) is 39.7. The largest absolute Gasteiger partial charge is 0.461 e. The van der Waals surface area contributed by atoms with Crippen LogP contribution in [0.25, 0.3) is 32.9 Å². The van der Waals surface area contributed by atoms with Gasteiger partial charge in [0.25, 0.3) is 0 Å². The van der Waals surface area contributed by atoms with Crippen LogP contribution in [-0.2, 0) is 19.5 Å². The van der Waals surface area contributed by atoms with Crippen molar-refractivity contribution < 1.29 is 41.0 Å². The Balaban J connectivity index is 1.59. The molecule has 54 heavy (non-hydrogen) atoms. The minimum atomic E-state index is -4.10. The number of anilines is 1. The molecule has 0 spiro atoms. The molecule has 2 amide bonds. The minimum absolute atomic E-state index is 0.0523. The summed E-state index contributed by atoms with van der Waals surface area (Å²) < 4.78 is 73.6. The van der Waals surface area contributed by atoms with Crippen LogP contribution in [0.2, 0.25) is 5.02 Å². The van der Waals surface area contributed by atoms with Gasteiger partial charge >= 0.3 is 18.2 Å². The molecule has 0 N–H and O–H groups in total. The zero-order valence-corrected chi connectivity index (χ0v) is 32.4. The van der Waals surface area contributed by atoms with Crippen molar-refractivity contribution in [1.29, 1.82) is 5.26 Å². The number of benzene rings is 2. The number of sulfonamides is 1. The lowest BCUT2D eigenvalue weighted by atomic mass is 10.0. The van der Waals surface area contributed by atoms with Crippen molar-refractivity contribution in [3.8, 4) is 23.3 Å². The predicted octanol–water partition coefficient (Wildman–Crippen LogP) is 6.69. The number of piperazine rings is 1. The topological polar surface area (TPSA) is 168 Å². The number of fused-ring (bicyclic) bond motifs is 2. The number of carbonyl (C=O) groups is 2. The third-order valence-corrected chi connectivity index (χ3v) is 9.60. The lowest BCUT2D eigenvalue weighted by molar-refractivity contribution is 0.0144. The standard InChI is InChI=1S/C36H40ClF2N7O7S/c1-35(2,3)52-33(47)45-16-15-44(20-22(45)13-14-40)31-24-19-41-29(23-10-8-9-21-11-12-25(38)27(37)26(21)23)28(39)30(24)42-32(43-31)51-18-17-46(54(7,49)50)34(48)53-36(4,5)6/h8-12,19,22H,13,15-18,20H2,1-7H3/t22-/m0/s1. The van der Waals surface area contributed by atoms with E-state index in [1.807, 2.05) is 0 Å². The van der Waals surface area contributed by atoms with E-state index < -0.39 is 64.2 Å². The Labute approximate surface area is 316 Å². The summed E-state index contributed by atoms with van der Waals surface area (Å²) in [5, 5.41) is 10.3. The first-order valence-corrected chi connectivity index (χ1v) is 19.1. The number of amides is 2. The fourth-order valence-corrected chi connectivity index (χ4v) is 6.82. The van der Waals surface area contributed by atoms with Crippen LogP contribution in [0, 0.1) is 23.0 Å². The van der Waals surface area contributed by atoms with E-state index in [0.717, 1.165) is 6.26 Å². The number of nitrogens with zero attached hydrogens (tertiary/aromatic N) is 7. The Hall–Kier alpha value is -5.08. The molecule has 1 aliphatic heterocycles. The van der Waals surface area contributed by atoms with Gasteiger partial charge in [-0.25, -0.2) is 31.1 Å². The third-order valence-electron chi connectivity index (χ3n) is 8.09. The normalized spacial score (nSPS) is 15.2. The Morgan fingerprint density at radius 3 is 2.41 bits per heavy atom. The van der Waals surface area contributed by atoms with E-state index in [-0.39, 0.29) is 70.5 Å². The van der Waals surface area contributed by atoms with E-state index in [4.69, 9.17) is 25.8 Å². The molecule has 0 unspecified atom stereocenters. The predicted molar refractivity (Wildman–Crippen MR) is 198 cm³/mol. The molecule has 1 saturated heterocycles. The molecule has 2 aromatic carbocycles. The summed E-state index contributed by atoms with van der Waals surface area (Å²) in [6, 6.07) is 8.69. The molecule has 0 saturated carbocycles. The Kier molecular flexibility index (Phi) is 11.4. The molecule has 5 rings (SSSR count). The average molecular weight is 788 g/mol. The van der Waals surface area contributed by atoms with E-state index in [2.05, 4.69) is 21.0 Å². The van der Waals surface area contributed by atoms with Gasteiger partial charge in [-0.3, -0.25) is 4.98 Å². The summed E-state index contributed by atoms with van der Waals surface area (Å²) in [6.07, 6.45) is 0.426. The van der Waals surface area contributed by atoms with Gasteiger partial charge in [0, 0.05) is 36.8 Å². The highest BCUT2D eigenvalue weighted by atomic mass is 35.5. The third kappa shape index (κ3) is 8.99. The minimum Gasteiger partial charge on any atom is -0.461 e. The van der Waals surface area contributed by atoms with Crippen molar-refractivity contribution in [2.45, 2.75) is 65.2 Å². The molecule has 1 fully saturated rings. The molecule has 0 radical (unpaired) electrons. The molecule has 4 aromatic rings. The quantitative estimate of drug-likeness (QED) is 0.186. The zero-order valence-electron chi connectivity index (χ0n) is 30.8. The lowest BCUT2D eigenvalue weighted by Crippen LogP contribution is -2.56. The van der Waals surface area contributed by atoms with Gasteiger partial charge in [-0.2, -0.15) is 15.2 Å². The van der Waals surface area contributed by atoms with Gasteiger partial charge in [0.05, 0.1) is 41.7 Å². The molecule has 3 heterocycles. The first kappa shape index (κ1) is 40.1. The highest BCUT2D eigenvalue weighted by Gasteiger charge is 2.35. The lowest BCUT2D eigenvalue weighted by Gasteiger charge is -2.41. The Bertz CT molecular complexity index is 2260. The summed E-state index contributed by atoms with van der Waals surface area (Å²) in [4.78, 5) is 42.3. The van der Waals surface area contributed by atoms with Crippen molar-refractivity contribution in [3.05, 3.63) is 53.2 Å². The summed E-state index contributed by atoms with van der Waals surface area (Å²) >= 11 is 6.37. The SMILES string of the molecule is CC(C)(C)OC(=O)N1CCN(c2nc(OCCN(C(=O)OC(C)(C)C)S(C)(=O)=O)nc3c(F)c(-c4cccc5ccc(F)c(Cl)c45)ncc23)C[C@@H]1CC#N. The second-order valence-electron chi connectivity index (χ2n) is 14.6. The molecule has 288 valence electrons. The van der Waals surface area contributed by atoms with Crippen molar-refractivity contribution in [1.82, 2.24) is 24.2 Å². The molecule has 0 bridgehead atoms. The summed E-state index contributed by atoms with van der Waals surface area (Å²) in [6.45, 7) is 9.39. The average Bonchev–Trinajstić information content (AvgIpc) is 3.06. The maximum absolute atomic E-state index is 16.8. The number of nitriles is 1. The van der Waals surface area contributed by atoms with Gasteiger partial charge in [-0.1, -0.05) is 35.9 Å². The molecular weight excluding hydrogens is 748 g/mol. The summed E-state index contributed by atoms with van der Waals surface area (Å²) in [5.74, 6) is -1.47. The molecule has 1 aliphatic rings. The van der Waals surface area contributed by atoms with Gasteiger partial charge in [0.2, 0.25) is 10.0 Å². The smallest absolute Gasteiger partial charge is 0.424 e. The van der Waals surface area contributed by atoms with Crippen LogP contribution in [0.15, 0.2) is 36.5 Å². The Morgan fingerprint density at radius 1 is 1.06 bits per heavy atom. The van der Waals surface area contributed by atoms with Crippen LogP contribution in [0.3, 0.4) is 0 Å². The molecule has 0 aliphatic carbocycles. The second kappa shape index (κ2) is 15.3. The fourth-order valence-electron chi connectivity index (χ4n) is 5.84. The van der Waals surface area contributed by atoms with Crippen molar-refractivity contribution in [2.24, 2.45) is 0 Å². The van der Waals surface area contributed by atoms with Gasteiger partial charge in [-0.05, 0) is 53.0 Å². The van der Waals surface area contributed by atoms with Crippen molar-refractivity contribution >= 4 is 61.3 Å². The number of hydrogen-bond donors (Lipinski definition) is 0. The van der Waals surface area contributed by atoms with Crippen LogP contribution >= 0.6 is 11.6 Å². The summed E-state index contributed by atoms with van der Waals surface area (Å²) in [5.41, 5.74) is -2.01. The van der Waals surface area contributed by atoms with E-state index in [0.29, 0.717) is 9.69 Å². The highest BCUT2D eigenvalue weighted by molar-refractivity contribution is 7.88. The second-order valence-corrected chi connectivity index (χ2v) is 16.9. The maximum atomic E-state index is 16.8. The van der Waals surface area contributed by atoms with Crippen LogP contribution < -0.4 is 9.64 Å². The highest BCUT2D eigenvalue weighted by Crippen LogP contribution is 2.38. The number of halogens is 3. The monoisotopic (exact) mass is 787 g/mol. The first-order chi connectivity index (χ1) is 25.2. The molecule has 2 aromatic heterocycles. The van der Waals surface area contributed by atoms with Crippen LogP contribution in [0.5, 0.6) is 6.01 Å². The summed E-state index contributed by atoms with van der Waals surface area (Å²) in [7, 11) is -4.10. The molecule has 1 atom stereocenters.